The van der Waals surface area contributed by atoms with Crippen molar-refractivity contribution in [2.24, 2.45) is 16.1 Å². The van der Waals surface area contributed by atoms with Crippen LogP contribution in [-0.2, 0) is 10.3 Å². The second-order valence-electron chi connectivity index (χ2n) is 7.81. The molecule has 7 heteroatoms. The predicted molar refractivity (Wildman–Crippen MR) is 111 cm³/mol. The maximum Gasteiger partial charge on any atom is 0.237 e. The number of nitrogens with one attached hydrogen (secondary N) is 1. The second-order valence-corrected chi connectivity index (χ2v) is 8.25. The number of benzene rings is 2. The molecule has 148 valence electrons. The van der Waals surface area contributed by atoms with Crippen LogP contribution >= 0.6 is 11.6 Å². The highest BCUT2D eigenvalue weighted by Gasteiger charge is 2.53. The van der Waals surface area contributed by atoms with Crippen LogP contribution in [0.4, 0.5) is 15.8 Å². The van der Waals surface area contributed by atoms with E-state index >= 15 is 0 Å². The molecule has 0 unspecified atom stereocenters. The van der Waals surface area contributed by atoms with Crippen LogP contribution in [0.3, 0.4) is 0 Å². The fourth-order valence-corrected chi connectivity index (χ4v) is 3.60. The molecule has 1 aliphatic heterocycles. The molecule has 2 aromatic carbocycles. The summed E-state index contributed by atoms with van der Waals surface area (Å²) in [5.41, 5.74) is 6.58. The van der Waals surface area contributed by atoms with E-state index in [4.69, 9.17) is 17.3 Å². The number of nitrogens with two attached hydrogens (primary N) is 1. The molecule has 0 spiro atoms. The minimum Gasteiger partial charge on any atom is -0.369 e. The van der Waals surface area contributed by atoms with Crippen molar-refractivity contribution in [2.75, 3.05) is 12.4 Å². The van der Waals surface area contributed by atoms with Crippen LogP contribution < -0.4 is 11.1 Å². The second kappa shape index (κ2) is 6.78. The monoisotopic (exact) mass is 402 g/mol. The van der Waals surface area contributed by atoms with Crippen LogP contribution in [0.2, 0.25) is 5.02 Å². The number of carbonyl (C=O) groups is 1. The summed E-state index contributed by atoms with van der Waals surface area (Å²) in [6.07, 6.45) is 0. The maximum atomic E-state index is 14.9. The van der Waals surface area contributed by atoms with Gasteiger partial charge in [-0.25, -0.2) is 9.38 Å². The standard InChI is InChI=1S/C21H24ClFN4O/c1-12-6-7-13(22)10-17(12)25-14-8-9-16(23)15(11-14)21(4)20(2,3)18(28)27(5)19(24)26-21/h6-11,25H,1-5H3,(H2,24,26)/t21-/m1/s1. The minimum atomic E-state index is -1.16. The van der Waals surface area contributed by atoms with Crippen molar-refractivity contribution in [1.29, 1.82) is 0 Å². The summed E-state index contributed by atoms with van der Waals surface area (Å²) in [7, 11) is 1.57. The normalized spacial score (nSPS) is 21.5. The average molecular weight is 403 g/mol. The Hall–Kier alpha value is -2.60. The van der Waals surface area contributed by atoms with Crippen molar-refractivity contribution in [3.63, 3.8) is 0 Å². The van der Waals surface area contributed by atoms with Crippen molar-refractivity contribution < 1.29 is 9.18 Å². The smallest absolute Gasteiger partial charge is 0.237 e. The molecular weight excluding hydrogens is 379 g/mol. The number of aliphatic imine (C=N–C) groups is 1. The molecule has 0 fully saturated rings. The lowest BCUT2D eigenvalue weighted by Gasteiger charge is -2.46. The molecule has 1 heterocycles. The van der Waals surface area contributed by atoms with Gasteiger partial charge in [0.1, 0.15) is 11.4 Å². The van der Waals surface area contributed by atoms with Crippen molar-refractivity contribution in [1.82, 2.24) is 4.90 Å². The first-order valence-electron chi connectivity index (χ1n) is 8.94. The number of halogens is 2. The molecule has 2 aromatic rings. The van der Waals surface area contributed by atoms with Crippen LogP contribution in [0.1, 0.15) is 31.9 Å². The van der Waals surface area contributed by atoms with E-state index in [-0.39, 0.29) is 11.9 Å². The van der Waals surface area contributed by atoms with Crippen LogP contribution in [0.25, 0.3) is 0 Å². The van der Waals surface area contributed by atoms with Gasteiger partial charge in [-0.05, 0) is 63.6 Å². The van der Waals surface area contributed by atoms with E-state index in [1.165, 1.54) is 11.0 Å². The summed E-state index contributed by atoms with van der Waals surface area (Å²) in [6, 6.07) is 10.2. The number of hydrogen-bond donors (Lipinski definition) is 2. The zero-order valence-electron chi connectivity index (χ0n) is 16.6. The summed E-state index contributed by atoms with van der Waals surface area (Å²) in [5.74, 6) is -0.598. The molecule has 0 saturated carbocycles. The van der Waals surface area contributed by atoms with Gasteiger partial charge in [-0.3, -0.25) is 9.69 Å². The van der Waals surface area contributed by atoms with E-state index in [1.807, 2.05) is 19.1 Å². The number of carbonyl (C=O) groups excluding carboxylic acids is 1. The lowest BCUT2D eigenvalue weighted by molar-refractivity contribution is -0.140. The van der Waals surface area contributed by atoms with Gasteiger partial charge in [-0.15, -0.1) is 0 Å². The van der Waals surface area contributed by atoms with E-state index in [0.717, 1.165) is 11.3 Å². The first kappa shape index (κ1) is 20.1. The molecular formula is C21H24ClFN4O. The number of anilines is 2. The molecule has 0 radical (unpaired) electrons. The third-order valence-electron chi connectivity index (χ3n) is 5.71. The van der Waals surface area contributed by atoms with Crippen LogP contribution in [-0.4, -0.2) is 23.8 Å². The Morgan fingerprint density at radius 3 is 2.54 bits per heavy atom. The number of amides is 1. The SMILES string of the molecule is Cc1ccc(Cl)cc1Nc1ccc(F)c([C@@]2(C)N=C(N)N(C)C(=O)C2(C)C)c1. The molecule has 0 aliphatic carbocycles. The van der Waals surface area contributed by atoms with Gasteiger partial charge in [0, 0.05) is 29.0 Å². The van der Waals surface area contributed by atoms with Crippen molar-refractivity contribution >= 4 is 34.8 Å². The Kier molecular flexibility index (Phi) is 4.88. The van der Waals surface area contributed by atoms with Gasteiger partial charge in [-0.2, -0.15) is 0 Å². The molecule has 0 bridgehead atoms. The Morgan fingerprint density at radius 2 is 1.86 bits per heavy atom. The summed E-state index contributed by atoms with van der Waals surface area (Å²) < 4.78 is 14.9. The quantitative estimate of drug-likeness (QED) is 0.790. The topological polar surface area (TPSA) is 70.7 Å². The molecule has 0 saturated heterocycles. The van der Waals surface area contributed by atoms with Crippen molar-refractivity contribution in [3.05, 3.63) is 58.4 Å². The highest BCUT2D eigenvalue weighted by atomic mass is 35.5. The minimum absolute atomic E-state index is 0.0651. The fourth-order valence-electron chi connectivity index (χ4n) is 3.43. The van der Waals surface area contributed by atoms with Gasteiger partial charge in [-0.1, -0.05) is 17.7 Å². The van der Waals surface area contributed by atoms with Crippen LogP contribution in [0.15, 0.2) is 41.4 Å². The van der Waals surface area contributed by atoms with Crippen molar-refractivity contribution in [2.45, 2.75) is 33.2 Å². The zero-order chi connectivity index (χ0) is 20.9. The van der Waals surface area contributed by atoms with Gasteiger partial charge < -0.3 is 11.1 Å². The van der Waals surface area contributed by atoms with E-state index in [2.05, 4.69) is 10.3 Å². The van der Waals surface area contributed by atoms with Crippen molar-refractivity contribution in [3.8, 4) is 0 Å². The lowest BCUT2D eigenvalue weighted by atomic mass is 9.67. The van der Waals surface area contributed by atoms with Gasteiger partial charge in [0.25, 0.3) is 0 Å². The highest BCUT2D eigenvalue weighted by Crippen LogP contribution is 2.47. The van der Waals surface area contributed by atoms with E-state index in [0.29, 0.717) is 16.3 Å². The molecule has 0 aromatic heterocycles. The zero-order valence-corrected chi connectivity index (χ0v) is 17.4. The third kappa shape index (κ3) is 3.11. The van der Waals surface area contributed by atoms with E-state index in [9.17, 15) is 9.18 Å². The van der Waals surface area contributed by atoms with E-state index < -0.39 is 16.8 Å². The Bertz CT molecular complexity index is 988. The largest absolute Gasteiger partial charge is 0.369 e. The first-order valence-corrected chi connectivity index (χ1v) is 9.32. The van der Waals surface area contributed by atoms with Crippen LogP contribution in [0.5, 0.6) is 0 Å². The van der Waals surface area contributed by atoms with E-state index in [1.54, 1.807) is 46.0 Å². The summed E-state index contributed by atoms with van der Waals surface area (Å²) in [6.45, 7) is 7.19. The highest BCUT2D eigenvalue weighted by molar-refractivity contribution is 6.30. The Balaban J connectivity index is 2.11. The maximum absolute atomic E-state index is 14.9. The van der Waals surface area contributed by atoms with Gasteiger partial charge >= 0.3 is 0 Å². The number of nitrogens with zero attached hydrogens (tertiary/aromatic N) is 2. The molecule has 1 aliphatic rings. The summed E-state index contributed by atoms with van der Waals surface area (Å²) in [4.78, 5) is 18.7. The third-order valence-corrected chi connectivity index (χ3v) is 5.94. The number of aryl methyl sites for hydroxylation is 1. The summed E-state index contributed by atoms with van der Waals surface area (Å²) in [5, 5.41) is 3.87. The van der Waals surface area contributed by atoms with Gasteiger partial charge in [0.15, 0.2) is 5.96 Å². The van der Waals surface area contributed by atoms with Gasteiger partial charge in [0.2, 0.25) is 5.91 Å². The molecule has 5 nitrogen and oxygen atoms in total. The Labute approximate surface area is 169 Å². The first-order chi connectivity index (χ1) is 13.0. The number of hydrogen-bond acceptors (Lipinski definition) is 4. The average Bonchev–Trinajstić information content (AvgIpc) is 2.63. The lowest BCUT2D eigenvalue weighted by Crippen LogP contribution is -2.58. The number of guanidine groups is 1. The van der Waals surface area contributed by atoms with Gasteiger partial charge in [0.05, 0.1) is 5.41 Å². The molecule has 1 atom stereocenters. The van der Waals surface area contributed by atoms with Crippen LogP contribution in [0, 0.1) is 18.2 Å². The molecule has 3 N–H and O–H groups in total. The molecule has 1 amide bonds. The molecule has 28 heavy (non-hydrogen) atoms. The molecule has 3 rings (SSSR count). The summed E-state index contributed by atoms with van der Waals surface area (Å²) >= 11 is 6.09. The Morgan fingerprint density at radius 1 is 1.18 bits per heavy atom. The fraction of sp³-hybridized carbons (Fsp3) is 0.333. The number of rotatable bonds is 3. The predicted octanol–water partition coefficient (Wildman–Crippen LogP) is 4.56.